The van der Waals surface area contributed by atoms with Crippen molar-refractivity contribution in [2.75, 3.05) is 13.7 Å². The van der Waals surface area contributed by atoms with Gasteiger partial charge in [0.2, 0.25) is 0 Å². The van der Waals surface area contributed by atoms with Crippen molar-refractivity contribution in [3.63, 3.8) is 0 Å². The number of hydrogen-bond acceptors (Lipinski definition) is 8. The number of hydroxylamine groups is 2. The van der Waals surface area contributed by atoms with Crippen LogP contribution in [0.1, 0.15) is 45.1 Å². The highest BCUT2D eigenvalue weighted by Crippen LogP contribution is 2.26. The molecule has 0 aromatic heterocycles. The molecule has 1 heterocycles. The van der Waals surface area contributed by atoms with E-state index in [1.54, 1.807) is 31.4 Å². The van der Waals surface area contributed by atoms with Gasteiger partial charge in [0.1, 0.15) is 12.4 Å². The molecule has 0 atom stereocenters. The van der Waals surface area contributed by atoms with Crippen LogP contribution in [0, 0.1) is 5.41 Å². The number of rotatable bonds is 9. The molecule has 0 bridgehead atoms. The Hall–Kier alpha value is -2.94. The lowest BCUT2D eigenvalue weighted by Crippen LogP contribution is -2.32. The number of esters is 1. The Balaban J connectivity index is 1.80. The molecule has 1 fully saturated rings. The molecule has 158 valence electrons. The minimum Gasteiger partial charge on any atom is -0.428 e. The molecule has 0 unspecified atom stereocenters. The Morgan fingerprint density at radius 1 is 1.07 bits per heavy atom. The smallest absolute Gasteiger partial charge is 0.428 e. The topological polar surface area (TPSA) is 108 Å². The van der Waals surface area contributed by atoms with Crippen molar-refractivity contribution < 1.29 is 38.2 Å². The lowest BCUT2D eigenvalue weighted by Gasteiger charge is -2.22. The summed E-state index contributed by atoms with van der Waals surface area (Å²) in [5.74, 6) is -1.14. The van der Waals surface area contributed by atoms with Crippen molar-refractivity contribution in [2.45, 2.75) is 46.1 Å². The molecule has 0 N–H and O–H groups in total. The maximum atomic E-state index is 12.3. The summed E-state index contributed by atoms with van der Waals surface area (Å²) < 4.78 is 15.3. The lowest BCUT2D eigenvalue weighted by atomic mass is 9.88. The summed E-state index contributed by atoms with van der Waals surface area (Å²) in [6.07, 6.45) is 0.252. The molecule has 1 aliphatic heterocycles. The van der Waals surface area contributed by atoms with Gasteiger partial charge in [-0.2, -0.15) is 0 Å². The van der Waals surface area contributed by atoms with Gasteiger partial charge in [0.05, 0.1) is 5.41 Å². The number of carbonyl (C=O) groups is 4. The first kappa shape index (κ1) is 22.4. The van der Waals surface area contributed by atoms with Gasteiger partial charge in [-0.05, 0) is 44.4 Å². The molecule has 0 saturated carbocycles. The molecule has 2 amide bonds. The van der Waals surface area contributed by atoms with E-state index >= 15 is 0 Å². The largest absolute Gasteiger partial charge is 0.534 e. The van der Waals surface area contributed by atoms with Gasteiger partial charge in [-0.25, -0.2) is 4.79 Å². The lowest BCUT2D eigenvalue weighted by molar-refractivity contribution is -0.177. The molecular weight excluding hydrogens is 382 g/mol. The van der Waals surface area contributed by atoms with Crippen molar-refractivity contribution in [1.82, 2.24) is 5.06 Å². The Morgan fingerprint density at radius 2 is 1.69 bits per heavy atom. The molecule has 9 nitrogen and oxygen atoms in total. The van der Waals surface area contributed by atoms with Crippen LogP contribution in [-0.4, -0.2) is 42.7 Å². The third kappa shape index (κ3) is 6.56. The van der Waals surface area contributed by atoms with Crippen LogP contribution in [-0.2, 0) is 35.3 Å². The first-order valence-corrected chi connectivity index (χ1v) is 9.23. The van der Waals surface area contributed by atoms with Gasteiger partial charge in [-0.15, -0.1) is 0 Å². The fourth-order valence-corrected chi connectivity index (χ4v) is 2.56. The van der Waals surface area contributed by atoms with E-state index in [9.17, 15) is 19.2 Å². The molecule has 0 aliphatic carbocycles. The van der Waals surface area contributed by atoms with E-state index in [1.807, 2.05) is 13.8 Å². The minimum atomic E-state index is -1.15. The highest BCUT2D eigenvalue weighted by atomic mass is 16.8. The second-order valence-electron chi connectivity index (χ2n) is 7.23. The number of imide groups is 1. The maximum absolute atomic E-state index is 12.3. The second kappa shape index (κ2) is 10.0. The zero-order valence-corrected chi connectivity index (χ0v) is 16.8. The van der Waals surface area contributed by atoms with Crippen molar-refractivity contribution in [1.29, 1.82) is 0 Å². The fourth-order valence-electron chi connectivity index (χ4n) is 2.56. The zero-order valence-electron chi connectivity index (χ0n) is 16.8. The molecule has 1 aliphatic rings. The standard InChI is InChI=1S/C20H25NO8/c1-20(2,11-4-12-26-3)18(24)28-15-7-5-14(6-8-15)13-27-19(25)29-21-16(22)9-10-17(21)23/h5-8H,4,9-13H2,1-3H3. The van der Waals surface area contributed by atoms with Crippen molar-refractivity contribution in [3.8, 4) is 5.75 Å². The average molecular weight is 407 g/mol. The monoisotopic (exact) mass is 407 g/mol. The van der Waals surface area contributed by atoms with Gasteiger partial charge in [0.25, 0.3) is 11.8 Å². The van der Waals surface area contributed by atoms with Gasteiger partial charge in [0, 0.05) is 26.6 Å². The summed E-state index contributed by atoms with van der Waals surface area (Å²) >= 11 is 0. The second-order valence-corrected chi connectivity index (χ2v) is 7.23. The third-order valence-electron chi connectivity index (χ3n) is 4.37. The van der Waals surface area contributed by atoms with Gasteiger partial charge < -0.3 is 14.2 Å². The quantitative estimate of drug-likeness (QED) is 0.266. The Kier molecular flexibility index (Phi) is 7.72. The predicted octanol–water partition coefficient (Wildman–Crippen LogP) is 2.76. The molecular formula is C20H25NO8. The zero-order chi connectivity index (χ0) is 21.4. The number of ether oxygens (including phenoxy) is 3. The van der Waals surface area contributed by atoms with Crippen LogP contribution >= 0.6 is 0 Å². The van der Waals surface area contributed by atoms with Crippen LogP contribution in [0.4, 0.5) is 4.79 Å². The van der Waals surface area contributed by atoms with E-state index in [0.29, 0.717) is 29.4 Å². The molecule has 0 spiro atoms. The van der Waals surface area contributed by atoms with Crippen LogP contribution in [0.5, 0.6) is 5.75 Å². The minimum absolute atomic E-state index is 0.00941. The number of carbonyl (C=O) groups excluding carboxylic acids is 4. The summed E-state index contributed by atoms with van der Waals surface area (Å²) in [4.78, 5) is 51.3. The number of benzene rings is 1. The number of hydrogen-bond donors (Lipinski definition) is 0. The van der Waals surface area contributed by atoms with Crippen LogP contribution in [0.3, 0.4) is 0 Å². The summed E-state index contributed by atoms with van der Waals surface area (Å²) in [6.45, 7) is 4.07. The van der Waals surface area contributed by atoms with E-state index in [0.717, 1.165) is 6.42 Å². The molecule has 2 rings (SSSR count). The Labute approximate surface area is 168 Å². The van der Waals surface area contributed by atoms with Crippen LogP contribution in [0.15, 0.2) is 24.3 Å². The Bertz CT molecular complexity index is 740. The van der Waals surface area contributed by atoms with Crippen LogP contribution in [0.2, 0.25) is 0 Å². The molecule has 29 heavy (non-hydrogen) atoms. The van der Waals surface area contributed by atoms with E-state index in [1.165, 1.54) is 0 Å². The highest BCUT2D eigenvalue weighted by molar-refractivity contribution is 6.01. The number of nitrogens with zero attached hydrogens (tertiary/aromatic N) is 1. The third-order valence-corrected chi connectivity index (χ3v) is 4.37. The number of amides is 2. The predicted molar refractivity (Wildman–Crippen MR) is 99.3 cm³/mol. The first-order valence-electron chi connectivity index (χ1n) is 9.23. The molecule has 0 radical (unpaired) electrons. The summed E-state index contributed by atoms with van der Waals surface area (Å²) in [5, 5.41) is 0.416. The van der Waals surface area contributed by atoms with E-state index in [-0.39, 0.29) is 25.4 Å². The summed E-state index contributed by atoms with van der Waals surface area (Å²) in [6, 6.07) is 6.42. The molecule has 1 saturated heterocycles. The molecule has 9 heteroatoms. The van der Waals surface area contributed by atoms with Gasteiger partial charge >= 0.3 is 12.1 Å². The van der Waals surface area contributed by atoms with Crippen molar-refractivity contribution >= 4 is 23.9 Å². The van der Waals surface area contributed by atoms with Gasteiger partial charge in [-0.3, -0.25) is 19.2 Å². The van der Waals surface area contributed by atoms with Crippen LogP contribution in [0.25, 0.3) is 0 Å². The van der Waals surface area contributed by atoms with Crippen molar-refractivity contribution in [3.05, 3.63) is 29.8 Å². The summed E-state index contributed by atoms with van der Waals surface area (Å²) in [7, 11) is 1.61. The van der Waals surface area contributed by atoms with Crippen LogP contribution < -0.4 is 4.74 Å². The average Bonchev–Trinajstić information content (AvgIpc) is 2.99. The van der Waals surface area contributed by atoms with E-state index < -0.39 is 23.4 Å². The van der Waals surface area contributed by atoms with Crippen molar-refractivity contribution in [2.24, 2.45) is 5.41 Å². The normalized spacial score (nSPS) is 14.1. The highest BCUT2D eigenvalue weighted by Gasteiger charge is 2.33. The van der Waals surface area contributed by atoms with Gasteiger partial charge in [-0.1, -0.05) is 17.2 Å². The SMILES string of the molecule is COCCCC(C)(C)C(=O)Oc1ccc(COC(=O)ON2C(=O)CCC2=O)cc1. The Morgan fingerprint density at radius 3 is 2.28 bits per heavy atom. The first-order chi connectivity index (χ1) is 13.7. The fraction of sp³-hybridized carbons (Fsp3) is 0.500. The molecule has 1 aromatic carbocycles. The molecule has 1 aromatic rings. The van der Waals surface area contributed by atoms with E-state index in [4.69, 9.17) is 14.2 Å². The summed E-state index contributed by atoms with van der Waals surface area (Å²) in [5.41, 5.74) is -0.0331. The van der Waals surface area contributed by atoms with Gasteiger partial charge in [0.15, 0.2) is 0 Å². The maximum Gasteiger partial charge on any atom is 0.534 e. The van der Waals surface area contributed by atoms with E-state index in [2.05, 4.69) is 4.84 Å². The number of methoxy groups -OCH3 is 1.